The highest BCUT2D eigenvalue weighted by molar-refractivity contribution is 5.91. The van der Waals surface area contributed by atoms with Crippen molar-refractivity contribution in [2.24, 2.45) is 0 Å². The van der Waals surface area contributed by atoms with E-state index in [2.05, 4.69) is 5.10 Å². The van der Waals surface area contributed by atoms with Crippen LogP contribution in [0.3, 0.4) is 0 Å². The van der Waals surface area contributed by atoms with Crippen molar-refractivity contribution in [2.45, 2.75) is 6.92 Å². The summed E-state index contributed by atoms with van der Waals surface area (Å²) in [4.78, 5) is 22.2. The maximum atomic E-state index is 11.7. The van der Waals surface area contributed by atoms with Crippen LogP contribution in [0.2, 0.25) is 0 Å². The number of ether oxygens (including phenoxy) is 1. The molecule has 0 atom stereocenters. The van der Waals surface area contributed by atoms with Crippen molar-refractivity contribution in [3.63, 3.8) is 0 Å². The third-order valence-electron chi connectivity index (χ3n) is 2.68. The van der Waals surface area contributed by atoms with Gasteiger partial charge in [0.1, 0.15) is 17.3 Å². The second-order valence-electron chi connectivity index (χ2n) is 3.90. The molecule has 0 saturated carbocycles. The van der Waals surface area contributed by atoms with Crippen LogP contribution in [0.4, 0.5) is 5.69 Å². The van der Waals surface area contributed by atoms with E-state index in [1.807, 2.05) is 6.07 Å². The zero-order valence-corrected chi connectivity index (χ0v) is 11.0. The lowest BCUT2D eigenvalue weighted by molar-refractivity contribution is -0.384. The van der Waals surface area contributed by atoms with Crippen LogP contribution >= 0.6 is 0 Å². The molecule has 0 spiro atoms. The van der Waals surface area contributed by atoms with E-state index in [0.717, 1.165) is 10.9 Å². The molecule has 106 valence electrons. The zero-order valence-electron chi connectivity index (χ0n) is 11.0. The summed E-state index contributed by atoms with van der Waals surface area (Å²) in [6.07, 6.45) is 1.16. The van der Waals surface area contributed by atoms with Crippen LogP contribution in [0.15, 0.2) is 30.5 Å². The van der Waals surface area contributed by atoms with Gasteiger partial charge in [-0.05, 0) is 13.0 Å². The molecule has 2 aromatic rings. The summed E-state index contributed by atoms with van der Waals surface area (Å²) in [7, 11) is 0. The van der Waals surface area contributed by atoms with Crippen LogP contribution in [-0.4, -0.2) is 27.3 Å². The van der Waals surface area contributed by atoms with Crippen LogP contribution in [0, 0.1) is 21.4 Å². The third kappa shape index (κ3) is 2.57. The number of carbonyl (C=O) groups excluding carboxylic acids is 1. The predicted octanol–water partition coefficient (Wildman–Crippen LogP) is 1.83. The van der Waals surface area contributed by atoms with Gasteiger partial charge in [0.2, 0.25) is 0 Å². The van der Waals surface area contributed by atoms with Gasteiger partial charge in [-0.15, -0.1) is 0 Å². The lowest BCUT2D eigenvalue weighted by Crippen LogP contribution is -2.08. The van der Waals surface area contributed by atoms with E-state index in [1.165, 1.54) is 18.2 Å². The molecular formula is C13H10N4O4. The van der Waals surface area contributed by atoms with Crippen LogP contribution in [-0.2, 0) is 4.74 Å². The Morgan fingerprint density at radius 2 is 2.24 bits per heavy atom. The first-order chi connectivity index (χ1) is 10.1. The van der Waals surface area contributed by atoms with E-state index in [9.17, 15) is 20.2 Å². The Kier molecular flexibility index (Phi) is 3.95. The van der Waals surface area contributed by atoms with E-state index in [4.69, 9.17) is 4.74 Å². The number of nitriles is 1. The van der Waals surface area contributed by atoms with Crippen molar-refractivity contribution in [1.82, 2.24) is 9.78 Å². The number of carbonyl (C=O) groups is 1. The number of para-hydroxylation sites is 2. The molecular weight excluding hydrogens is 276 g/mol. The Bertz CT molecular complexity index is 745. The van der Waals surface area contributed by atoms with Crippen LogP contribution in [0.5, 0.6) is 0 Å². The summed E-state index contributed by atoms with van der Waals surface area (Å²) >= 11 is 0. The van der Waals surface area contributed by atoms with Gasteiger partial charge in [-0.3, -0.25) is 10.1 Å². The summed E-state index contributed by atoms with van der Waals surface area (Å²) in [5, 5.41) is 24.1. The summed E-state index contributed by atoms with van der Waals surface area (Å²) < 4.78 is 5.88. The van der Waals surface area contributed by atoms with E-state index < -0.39 is 10.9 Å². The number of benzene rings is 1. The number of esters is 1. The molecule has 0 N–H and O–H groups in total. The fraction of sp³-hybridized carbons (Fsp3) is 0.154. The first kappa shape index (κ1) is 14.2. The Morgan fingerprint density at radius 3 is 2.86 bits per heavy atom. The first-order valence-corrected chi connectivity index (χ1v) is 5.99. The predicted molar refractivity (Wildman–Crippen MR) is 70.9 cm³/mol. The maximum Gasteiger partial charge on any atom is 0.342 e. The smallest absolute Gasteiger partial charge is 0.342 e. The summed E-state index contributed by atoms with van der Waals surface area (Å²) in [6, 6.07) is 7.65. The highest BCUT2D eigenvalue weighted by Gasteiger charge is 2.23. The van der Waals surface area contributed by atoms with Crippen molar-refractivity contribution in [1.29, 1.82) is 5.26 Å². The number of nitro groups is 1. The molecule has 0 bridgehead atoms. The monoisotopic (exact) mass is 286 g/mol. The SMILES string of the molecule is CCOC(=O)c1cnn(-c2ccccc2[N+](=O)[O-])c1C#N. The van der Waals surface area contributed by atoms with E-state index in [1.54, 1.807) is 13.0 Å². The van der Waals surface area contributed by atoms with Gasteiger partial charge in [-0.2, -0.15) is 10.4 Å². The Morgan fingerprint density at radius 1 is 1.52 bits per heavy atom. The van der Waals surface area contributed by atoms with Crippen molar-refractivity contribution in [2.75, 3.05) is 6.61 Å². The number of rotatable bonds is 4. The van der Waals surface area contributed by atoms with E-state index in [0.29, 0.717) is 0 Å². The molecule has 0 saturated heterocycles. The lowest BCUT2D eigenvalue weighted by Gasteiger charge is -2.04. The largest absolute Gasteiger partial charge is 0.462 e. The van der Waals surface area contributed by atoms with Gasteiger partial charge in [0.25, 0.3) is 5.69 Å². The molecule has 0 unspecified atom stereocenters. The second-order valence-corrected chi connectivity index (χ2v) is 3.90. The van der Waals surface area contributed by atoms with Crippen molar-refractivity contribution >= 4 is 11.7 Å². The van der Waals surface area contributed by atoms with Gasteiger partial charge in [0.05, 0.1) is 17.7 Å². The molecule has 0 amide bonds. The summed E-state index contributed by atoms with van der Waals surface area (Å²) in [5.41, 5.74) is -0.248. The number of nitro benzene ring substituents is 1. The van der Waals surface area contributed by atoms with Gasteiger partial charge in [0, 0.05) is 6.07 Å². The molecule has 1 aromatic heterocycles. The van der Waals surface area contributed by atoms with Crippen molar-refractivity contribution in [3.8, 4) is 11.8 Å². The number of aromatic nitrogens is 2. The molecule has 8 heteroatoms. The van der Waals surface area contributed by atoms with Crippen molar-refractivity contribution in [3.05, 3.63) is 51.8 Å². The molecule has 0 radical (unpaired) electrons. The molecule has 1 heterocycles. The molecule has 21 heavy (non-hydrogen) atoms. The quantitative estimate of drug-likeness (QED) is 0.481. The Balaban J connectivity index is 2.60. The highest BCUT2D eigenvalue weighted by atomic mass is 16.6. The Labute approximate surface area is 119 Å². The van der Waals surface area contributed by atoms with Crippen LogP contribution < -0.4 is 0 Å². The van der Waals surface area contributed by atoms with E-state index >= 15 is 0 Å². The minimum absolute atomic E-state index is 0.0301. The van der Waals surface area contributed by atoms with Gasteiger partial charge < -0.3 is 4.74 Å². The fourth-order valence-corrected chi connectivity index (χ4v) is 1.79. The zero-order chi connectivity index (χ0) is 15.4. The molecule has 8 nitrogen and oxygen atoms in total. The lowest BCUT2D eigenvalue weighted by atomic mass is 10.2. The number of hydrogen-bond donors (Lipinski definition) is 0. The topological polar surface area (TPSA) is 111 Å². The fourth-order valence-electron chi connectivity index (χ4n) is 1.79. The highest BCUT2D eigenvalue weighted by Crippen LogP contribution is 2.24. The van der Waals surface area contributed by atoms with Gasteiger partial charge in [-0.25, -0.2) is 9.48 Å². The minimum Gasteiger partial charge on any atom is -0.462 e. The number of hydrogen-bond acceptors (Lipinski definition) is 6. The summed E-state index contributed by atoms with van der Waals surface area (Å²) in [5.74, 6) is -0.695. The van der Waals surface area contributed by atoms with Crippen LogP contribution in [0.1, 0.15) is 23.0 Å². The first-order valence-electron chi connectivity index (χ1n) is 5.99. The van der Waals surface area contributed by atoms with Gasteiger partial charge >= 0.3 is 5.97 Å². The molecule has 0 aliphatic rings. The Hall–Kier alpha value is -3.21. The molecule has 2 rings (SSSR count). The molecule has 0 aliphatic heterocycles. The normalized spacial score (nSPS) is 9.90. The van der Waals surface area contributed by atoms with Crippen molar-refractivity contribution < 1.29 is 14.5 Å². The average molecular weight is 286 g/mol. The second kappa shape index (κ2) is 5.83. The molecule has 0 fully saturated rings. The summed E-state index contributed by atoms with van der Waals surface area (Å²) in [6.45, 7) is 1.79. The van der Waals surface area contributed by atoms with Gasteiger partial charge in [-0.1, -0.05) is 12.1 Å². The molecule has 0 aliphatic carbocycles. The third-order valence-corrected chi connectivity index (χ3v) is 2.68. The van der Waals surface area contributed by atoms with Crippen LogP contribution in [0.25, 0.3) is 5.69 Å². The van der Waals surface area contributed by atoms with E-state index in [-0.39, 0.29) is 29.2 Å². The standard InChI is InChI=1S/C13H10N4O4/c1-2-21-13(18)9-8-15-16(12(9)7-14)10-5-3-4-6-11(10)17(19)20/h3-6,8H,2H2,1H3. The average Bonchev–Trinajstić information content (AvgIpc) is 2.91. The van der Waals surface area contributed by atoms with Gasteiger partial charge in [0.15, 0.2) is 5.69 Å². The number of nitrogens with zero attached hydrogens (tertiary/aromatic N) is 4. The minimum atomic E-state index is -0.695. The maximum absolute atomic E-state index is 11.7. The molecule has 1 aromatic carbocycles.